The van der Waals surface area contributed by atoms with Crippen LogP contribution in [0.4, 0.5) is 4.39 Å². The van der Waals surface area contributed by atoms with E-state index in [9.17, 15) is 33.0 Å². The van der Waals surface area contributed by atoms with Crippen LogP contribution >= 0.6 is 7.37 Å². The van der Waals surface area contributed by atoms with Crippen molar-refractivity contribution in [2.75, 3.05) is 6.16 Å². The van der Waals surface area contributed by atoms with E-state index in [-0.39, 0.29) is 30.7 Å². The van der Waals surface area contributed by atoms with Crippen molar-refractivity contribution in [1.82, 2.24) is 16.0 Å². The van der Waals surface area contributed by atoms with Crippen molar-refractivity contribution in [2.24, 2.45) is 11.7 Å². The summed E-state index contributed by atoms with van der Waals surface area (Å²) >= 11 is 0. The Morgan fingerprint density at radius 1 is 0.872 bits per heavy atom. The molecule has 10 nitrogen and oxygen atoms in total. The number of nitrogens with one attached hydrogen (secondary N) is 3. The van der Waals surface area contributed by atoms with Crippen LogP contribution in [0.25, 0.3) is 6.08 Å². The van der Waals surface area contributed by atoms with Crippen LogP contribution < -0.4 is 21.7 Å². The molecule has 0 radical (unpaired) electrons. The van der Waals surface area contributed by atoms with Crippen LogP contribution in [0, 0.1) is 11.7 Å². The Balaban J connectivity index is 1.75. The quantitative estimate of drug-likeness (QED) is 0.134. The van der Waals surface area contributed by atoms with Gasteiger partial charge in [-0.3, -0.25) is 23.7 Å². The summed E-state index contributed by atoms with van der Waals surface area (Å²) in [6.07, 6.45) is 3.34. The van der Waals surface area contributed by atoms with Crippen LogP contribution in [0.3, 0.4) is 0 Å². The lowest BCUT2D eigenvalue weighted by Gasteiger charge is -2.26. The summed E-state index contributed by atoms with van der Waals surface area (Å²) in [6.45, 7) is 3.88. The van der Waals surface area contributed by atoms with Crippen molar-refractivity contribution in [3.05, 3.63) is 114 Å². The van der Waals surface area contributed by atoms with Gasteiger partial charge in [0, 0.05) is 12.0 Å². The average Bonchev–Trinajstić information content (AvgIpc) is 3.02. The van der Waals surface area contributed by atoms with Gasteiger partial charge in [0.15, 0.2) is 0 Å². The molecule has 3 unspecified atom stereocenters. The molecule has 0 aromatic heterocycles. The summed E-state index contributed by atoms with van der Waals surface area (Å²) in [6, 6.07) is 20.7. The zero-order valence-corrected chi connectivity index (χ0v) is 27.4. The Kier molecular flexibility index (Phi) is 14.1. The lowest BCUT2D eigenvalue weighted by Crippen LogP contribution is -2.53. The van der Waals surface area contributed by atoms with E-state index in [2.05, 4.69) is 16.0 Å². The Morgan fingerprint density at radius 3 is 2.15 bits per heavy atom. The first-order chi connectivity index (χ1) is 22.3. The van der Waals surface area contributed by atoms with Crippen molar-refractivity contribution < 1.29 is 33.0 Å². The molecule has 0 aliphatic carbocycles. The van der Waals surface area contributed by atoms with Gasteiger partial charge < -0.3 is 26.6 Å². The number of nitrogens with two attached hydrogens (primary N) is 1. The molecule has 3 rings (SSSR count). The molecule has 0 aliphatic rings. The van der Waals surface area contributed by atoms with Crippen LogP contribution in [0.1, 0.15) is 54.6 Å². The molecule has 0 saturated heterocycles. The normalized spacial score (nSPS) is 14.5. The standard InChI is InChI=1S/C35H42FN4O6P/c1-24(2)19-20-30(35(44)39-29(33(37)42)18-9-15-25-11-5-3-6-12-25)38-31(41)23-47(45,46)32(21-26-13-7-4-8-14-26)40-34(43)27-16-10-17-28(36)22-27/h3-17,22,24,29-30,32H,18-21,23H2,1-2H3,(H2,37,42)(H,38,41)(H,39,44)(H,40,43)(H,45,46)/b15-9+/t29-,30?,32?/m0/s1. The number of benzene rings is 3. The van der Waals surface area contributed by atoms with Crippen LogP contribution in [-0.4, -0.2) is 52.6 Å². The van der Waals surface area contributed by atoms with E-state index in [0.29, 0.717) is 12.0 Å². The number of carbonyl (C=O) groups is 4. The van der Waals surface area contributed by atoms with Gasteiger partial charge in [0.1, 0.15) is 29.8 Å². The smallest absolute Gasteiger partial charge is 0.252 e. The third-order valence-electron chi connectivity index (χ3n) is 7.34. The minimum Gasteiger partial charge on any atom is -0.368 e. The summed E-state index contributed by atoms with van der Waals surface area (Å²) in [4.78, 5) is 62.9. The molecule has 0 aliphatic heterocycles. The first kappa shape index (κ1) is 36.9. The van der Waals surface area contributed by atoms with E-state index in [4.69, 9.17) is 5.73 Å². The Labute approximate surface area is 274 Å². The Bertz CT molecular complexity index is 1590. The van der Waals surface area contributed by atoms with E-state index < -0.39 is 60.8 Å². The molecular weight excluding hydrogens is 622 g/mol. The number of carbonyl (C=O) groups excluding carboxylic acids is 4. The van der Waals surface area contributed by atoms with Gasteiger partial charge in [0.05, 0.1) is 0 Å². The summed E-state index contributed by atoms with van der Waals surface area (Å²) in [5.74, 6) is -4.98. The number of hydrogen-bond acceptors (Lipinski definition) is 5. The number of rotatable bonds is 17. The fourth-order valence-electron chi connectivity index (χ4n) is 4.74. The molecule has 0 heterocycles. The molecule has 4 atom stereocenters. The second-order valence-corrected chi connectivity index (χ2v) is 14.2. The minimum atomic E-state index is -4.47. The molecule has 12 heteroatoms. The van der Waals surface area contributed by atoms with Gasteiger partial charge in [-0.15, -0.1) is 0 Å². The molecule has 0 saturated carbocycles. The van der Waals surface area contributed by atoms with Crippen LogP contribution in [0.2, 0.25) is 0 Å². The molecule has 0 spiro atoms. The van der Waals surface area contributed by atoms with Crippen molar-refractivity contribution in [3.8, 4) is 0 Å². The second-order valence-electron chi connectivity index (χ2n) is 11.7. The highest BCUT2D eigenvalue weighted by Gasteiger charge is 2.36. The van der Waals surface area contributed by atoms with E-state index in [1.165, 1.54) is 18.2 Å². The highest BCUT2D eigenvalue weighted by molar-refractivity contribution is 7.59. The Morgan fingerprint density at radius 2 is 1.53 bits per heavy atom. The van der Waals surface area contributed by atoms with E-state index in [1.54, 1.807) is 42.5 Å². The first-order valence-corrected chi connectivity index (χ1v) is 17.3. The summed E-state index contributed by atoms with van der Waals surface area (Å²) in [5.41, 5.74) is 7.03. The number of halogens is 1. The minimum absolute atomic E-state index is 0.0550. The summed E-state index contributed by atoms with van der Waals surface area (Å²) in [5, 5.41) is 7.66. The van der Waals surface area contributed by atoms with Gasteiger partial charge >= 0.3 is 0 Å². The maximum absolute atomic E-state index is 13.8. The molecular formula is C35H42FN4O6P. The SMILES string of the molecule is CC(C)CCC(NC(=O)CP(=O)(O)C(Cc1ccccc1)NC(=O)c1cccc(F)c1)C(=O)N[C@@H](C/C=C/c1ccccc1)C(N)=O. The molecule has 4 amide bonds. The average molecular weight is 665 g/mol. The van der Waals surface area contributed by atoms with Gasteiger partial charge in [-0.25, -0.2) is 4.39 Å². The van der Waals surface area contributed by atoms with E-state index >= 15 is 0 Å². The predicted molar refractivity (Wildman–Crippen MR) is 180 cm³/mol. The summed E-state index contributed by atoms with van der Waals surface area (Å²) < 4.78 is 27.5. The second kappa shape index (κ2) is 17.9. The van der Waals surface area contributed by atoms with Gasteiger partial charge in [0.25, 0.3) is 5.91 Å². The van der Waals surface area contributed by atoms with E-state index in [0.717, 1.165) is 11.6 Å². The molecule has 47 heavy (non-hydrogen) atoms. The number of amides is 4. The largest absolute Gasteiger partial charge is 0.368 e. The van der Waals surface area contributed by atoms with Crippen LogP contribution in [0.15, 0.2) is 91.0 Å². The third kappa shape index (κ3) is 12.6. The number of hydrogen-bond donors (Lipinski definition) is 5. The van der Waals surface area contributed by atoms with Gasteiger partial charge in [-0.05, 0) is 54.5 Å². The highest BCUT2D eigenvalue weighted by atomic mass is 31.2. The molecule has 3 aromatic carbocycles. The summed E-state index contributed by atoms with van der Waals surface area (Å²) in [7, 11) is -4.47. The van der Waals surface area contributed by atoms with Crippen molar-refractivity contribution in [1.29, 1.82) is 0 Å². The van der Waals surface area contributed by atoms with Crippen molar-refractivity contribution >= 4 is 37.1 Å². The number of primary amides is 1. The molecule has 250 valence electrons. The van der Waals surface area contributed by atoms with Crippen molar-refractivity contribution in [3.63, 3.8) is 0 Å². The molecule has 6 N–H and O–H groups in total. The predicted octanol–water partition coefficient (Wildman–Crippen LogP) is 4.39. The van der Waals surface area contributed by atoms with Gasteiger partial charge in [0.2, 0.25) is 25.1 Å². The lowest BCUT2D eigenvalue weighted by molar-refractivity contribution is -0.131. The zero-order valence-electron chi connectivity index (χ0n) is 26.5. The van der Waals surface area contributed by atoms with Crippen LogP contribution in [-0.2, 0) is 25.4 Å². The maximum atomic E-state index is 13.8. The third-order valence-corrected chi connectivity index (χ3v) is 9.37. The molecule has 3 aromatic rings. The molecule has 0 fully saturated rings. The topological polar surface area (TPSA) is 168 Å². The Hall–Kier alpha value is -4.60. The maximum Gasteiger partial charge on any atom is 0.252 e. The zero-order chi connectivity index (χ0) is 34.4. The van der Waals surface area contributed by atoms with Crippen LogP contribution in [0.5, 0.6) is 0 Å². The molecule has 0 bridgehead atoms. The highest BCUT2D eigenvalue weighted by Crippen LogP contribution is 2.46. The fourth-order valence-corrected chi connectivity index (χ4v) is 6.28. The van der Waals surface area contributed by atoms with Gasteiger partial charge in [-0.2, -0.15) is 0 Å². The van der Waals surface area contributed by atoms with Gasteiger partial charge in [-0.1, -0.05) is 92.7 Å². The van der Waals surface area contributed by atoms with Crippen molar-refractivity contribution in [2.45, 2.75) is 57.4 Å². The lowest BCUT2D eigenvalue weighted by atomic mass is 10.0. The van der Waals surface area contributed by atoms with E-state index in [1.807, 2.05) is 44.2 Å². The fraction of sp³-hybridized carbons (Fsp3) is 0.314. The first-order valence-electron chi connectivity index (χ1n) is 15.4. The monoisotopic (exact) mass is 664 g/mol.